The molecule has 0 aliphatic carbocycles. The minimum atomic E-state index is -3.67. The van der Waals surface area contributed by atoms with Crippen molar-refractivity contribution in [3.05, 3.63) is 18.0 Å². The maximum absolute atomic E-state index is 12.1. The monoisotopic (exact) mass is 288 g/mol. The molecular formula is C12H20N2O4S. The van der Waals surface area contributed by atoms with Gasteiger partial charge in [-0.3, -0.25) is 0 Å². The van der Waals surface area contributed by atoms with Gasteiger partial charge < -0.3 is 9.67 Å². The Kier molecular flexibility index (Phi) is 4.75. The van der Waals surface area contributed by atoms with Gasteiger partial charge >= 0.3 is 5.97 Å². The molecule has 6 nitrogen and oxygen atoms in total. The summed E-state index contributed by atoms with van der Waals surface area (Å²) in [5.41, 5.74) is -0.0282. The van der Waals surface area contributed by atoms with Crippen LogP contribution in [0.2, 0.25) is 0 Å². The second kappa shape index (κ2) is 5.75. The average molecular weight is 288 g/mol. The van der Waals surface area contributed by atoms with Crippen LogP contribution in [0.5, 0.6) is 0 Å². The third-order valence-corrected chi connectivity index (χ3v) is 4.43. The van der Waals surface area contributed by atoms with E-state index in [1.54, 1.807) is 20.8 Å². The van der Waals surface area contributed by atoms with E-state index in [4.69, 9.17) is 5.11 Å². The van der Waals surface area contributed by atoms with Crippen molar-refractivity contribution in [1.82, 2.24) is 9.29 Å². The summed E-state index contributed by atoms with van der Waals surface area (Å²) in [5.74, 6) is -1.14. The lowest BCUT2D eigenvalue weighted by atomic mass is 10.3. The van der Waals surface area contributed by atoms with Crippen molar-refractivity contribution in [2.45, 2.75) is 51.1 Å². The third kappa shape index (κ3) is 3.57. The van der Waals surface area contributed by atoms with E-state index < -0.39 is 16.0 Å². The van der Waals surface area contributed by atoms with Crippen molar-refractivity contribution in [3.8, 4) is 0 Å². The fourth-order valence-electron chi connectivity index (χ4n) is 1.62. The zero-order chi connectivity index (χ0) is 14.8. The van der Waals surface area contributed by atoms with Crippen LogP contribution in [0.3, 0.4) is 0 Å². The van der Waals surface area contributed by atoms with Crippen molar-refractivity contribution in [3.63, 3.8) is 0 Å². The van der Waals surface area contributed by atoms with Crippen LogP contribution in [-0.4, -0.2) is 30.1 Å². The molecule has 0 saturated carbocycles. The zero-order valence-electron chi connectivity index (χ0n) is 11.5. The van der Waals surface area contributed by atoms with Crippen molar-refractivity contribution >= 4 is 16.0 Å². The van der Waals surface area contributed by atoms with Crippen molar-refractivity contribution in [2.75, 3.05) is 0 Å². The molecule has 0 bridgehead atoms. The summed E-state index contributed by atoms with van der Waals surface area (Å²) < 4.78 is 28.1. The molecule has 0 spiro atoms. The Hall–Kier alpha value is -1.34. The number of carboxylic acid groups (broad SMARTS) is 1. The standard InChI is InChI=1S/C12H20N2O4S/c1-5-9(4)13-19(17,18)10-6-11(12(15)16)14(7-10)8(2)3/h6-9,13H,5H2,1-4H3,(H,15,16). The molecule has 2 N–H and O–H groups in total. The molecule has 19 heavy (non-hydrogen) atoms. The quantitative estimate of drug-likeness (QED) is 0.836. The molecule has 1 aromatic heterocycles. The Morgan fingerprint density at radius 1 is 1.42 bits per heavy atom. The van der Waals surface area contributed by atoms with E-state index in [1.807, 2.05) is 6.92 Å². The number of hydrogen-bond acceptors (Lipinski definition) is 3. The Morgan fingerprint density at radius 3 is 2.37 bits per heavy atom. The van der Waals surface area contributed by atoms with Gasteiger partial charge in [0.05, 0.1) is 0 Å². The number of nitrogens with one attached hydrogen (secondary N) is 1. The van der Waals surface area contributed by atoms with Crippen LogP contribution in [0.15, 0.2) is 17.2 Å². The van der Waals surface area contributed by atoms with Gasteiger partial charge in [0.25, 0.3) is 0 Å². The van der Waals surface area contributed by atoms with Crippen molar-refractivity contribution < 1.29 is 18.3 Å². The molecule has 108 valence electrons. The Balaban J connectivity index is 3.22. The number of rotatable bonds is 6. The second-order valence-corrected chi connectivity index (χ2v) is 6.51. The number of carboxylic acids is 1. The molecule has 1 unspecified atom stereocenters. The molecule has 1 rings (SSSR count). The van der Waals surface area contributed by atoms with Crippen LogP contribution < -0.4 is 4.72 Å². The average Bonchev–Trinajstić information content (AvgIpc) is 2.73. The van der Waals surface area contributed by atoms with E-state index in [2.05, 4.69) is 4.72 Å². The molecule has 7 heteroatoms. The fourth-order valence-corrected chi connectivity index (χ4v) is 2.97. The normalized spacial score (nSPS) is 13.7. The van der Waals surface area contributed by atoms with Gasteiger partial charge in [0.1, 0.15) is 10.6 Å². The summed E-state index contributed by atoms with van der Waals surface area (Å²) in [7, 11) is -3.67. The summed E-state index contributed by atoms with van der Waals surface area (Å²) >= 11 is 0. The van der Waals surface area contributed by atoms with E-state index in [9.17, 15) is 13.2 Å². The highest BCUT2D eigenvalue weighted by molar-refractivity contribution is 7.89. The number of hydrogen-bond donors (Lipinski definition) is 2. The number of aromatic nitrogens is 1. The minimum Gasteiger partial charge on any atom is -0.477 e. The number of sulfonamides is 1. The molecule has 0 saturated heterocycles. The first-order valence-electron chi connectivity index (χ1n) is 6.16. The maximum Gasteiger partial charge on any atom is 0.352 e. The molecule has 0 amide bonds. The topological polar surface area (TPSA) is 88.4 Å². The Morgan fingerprint density at radius 2 is 2.00 bits per heavy atom. The van der Waals surface area contributed by atoms with E-state index in [-0.39, 0.29) is 22.7 Å². The molecule has 0 aromatic carbocycles. The fraction of sp³-hybridized carbons (Fsp3) is 0.583. The molecule has 0 fully saturated rings. The first kappa shape index (κ1) is 15.7. The largest absolute Gasteiger partial charge is 0.477 e. The second-order valence-electron chi connectivity index (χ2n) is 4.80. The van der Waals surface area contributed by atoms with Gasteiger partial charge in [0.15, 0.2) is 0 Å². The van der Waals surface area contributed by atoms with Crippen molar-refractivity contribution in [1.29, 1.82) is 0 Å². The van der Waals surface area contributed by atoms with Gasteiger partial charge in [-0.15, -0.1) is 0 Å². The SMILES string of the molecule is CCC(C)NS(=O)(=O)c1cc(C(=O)O)n(C(C)C)c1. The highest BCUT2D eigenvalue weighted by Gasteiger charge is 2.23. The van der Waals surface area contributed by atoms with Gasteiger partial charge in [-0.05, 0) is 33.3 Å². The first-order valence-corrected chi connectivity index (χ1v) is 7.64. The lowest BCUT2D eigenvalue weighted by Crippen LogP contribution is -2.31. The highest BCUT2D eigenvalue weighted by atomic mass is 32.2. The van der Waals surface area contributed by atoms with Crippen LogP contribution in [0.4, 0.5) is 0 Å². The molecule has 0 radical (unpaired) electrons. The van der Waals surface area contributed by atoms with E-state index in [1.165, 1.54) is 16.8 Å². The molecule has 1 heterocycles. The van der Waals surface area contributed by atoms with Gasteiger partial charge in [0.2, 0.25) is 10.0 Å². The Bertz CT molecular complexity index is 560. The van der Waals surface area contributed by atoms with Gasteiger partial charge in [-0.1, -0.05) is 6.92 Å². The van der Waals surface area contributed by atoms with Gasteiger partial charge in [-0.2, -0.15) is 0 Å². The maximum atomic E-state index is 12.1. The predicted molar refractivity (Wildman–Crippen MR) is 71.9 cm³/mol. The first-order chi connectivity index (χ1) is 8.69. The van der Waals surface area contributed by atoms with Gasteiger partial charge in [0, 0.05) is 18.3 Å². The highest BCUT2D eigenvalue weighted by Crippen LogP contribution is 2.19. The number of nitrogens with zero attached hydrogens (tertiary/aromatic N) is 1. The van der Waals surface area contributed by atoms with E-state index in [0.29, 0.717) is 6.42 Å². The predicted octanol–water partition coefficient (Wildman–Crippen LogP) is 1.84. The zero-order valence-corrected chi connectivity index (χ0v) is 12.4. The number of carbonyl (C=O) groups is 1. The van der Waals surface area contributed by atoms with Crippen LogP contribution >= 0.6 is 0 Å². The smallest absolute Gasteiger partial charge is 0.352 e. The summed E-state index contributed by atoms with van der Waals surface area (Å²) in [4.78, 5) is 11.1. The molecular weight excluding hydrogens is 268 g/mol. The van der Waals surface area contributed by atoms with Crippen LogP contribution in [-0.2, 0) is 10.0 Å². The lowest BCUT2D eigenvalue weighted by Gasteiger charge is -2.11. The molecule has 0 aliphatic rings. The van der Waals surface area contributed by atoms with E-state index >= 15 is 0 Å². The Labute approximate surface area is 113 Å². The third-order valence-electron chi connectivity index (χ3n) is 2.88. The summed E-state index contributed by atoms with van der Waals surface area (Å²) in [6.45, 7) is 7.22. The molecule has 1 aromatic rings. The lowest BCUT2D eigenvalue weighted by molar-refractivity contribution is 0.0683. The van der Waals surface area contributed by atoms with Crippen LogP contribution in [0.25, 0.3) is 0 Å². The van der Waals surface area contributed by atoms with Crippen LogP contribution in [0.1, 0.15) is 50.6 Å². The summed E-state index contributed by atoms with van der Waals surface area (Å²) in [5, 5.41) is 9.09. The molecule has 1 atom stereocenters. The minimum absolute atomic E-state index is 0.0149. The summed E-state index contributed by atoms with van der Waals surface area (Å²) in [6, 6.07) is 0.867. The number of aromatic carboxylic acids is 1. The van der Waals surface area contributed by atoms with E-state index in [0.717, 1.165) is 0 Å². The summed E-state index contributed by atoms with van der Waals surface area (Å²) in [6.07, 6.45) is 2.02. The van der Waals surface area contributed by atoms with Crippen LogP contribution in [0, 0.1) is 0 Å². The van der Waals surface area contributed by atoms with Crippen molar-refractivity contribution in [2.24, 2.45) is 0 Å². The van der Waals surface area contributed by atoms with Gasteiger partial charge in [-0.25, -0.2) is 17.9 Å². The molecule has 0 aliphatic heterocycles.